The van der Waals surface area contributed by atoms with Gasteiger partial charge in [0.2, 0.25) is 10.0 Å². The van der Waals surface area contributed by atoms with Gasteiger partial charge < -0.3 is 9.32 Å². The Kier molecular flexibility index (Phi) is 5.46. The predicted octanol–water partition coefficient (Wildman–Crippen LogP) is 4.03. The highest BCUT2D eigenvalue weighted by Gasteiger charge is 2.30. The molecule has 1 aromatic heterocycles. The zero-order chi connectivity index (χ0) is 20.8. The Morgan fingerprint density at radius 1 is 1.00 bits per heavy atom. The van der Waals surface area contributed by atoms with Crippen molar-refractivity contribution < 1.29 is 17.6 Å². The van der Waals surface area contributed by atoms with E-state index in [0.29, 0.717) is 47.2 Å². The van der Waals surface area contributed by atoms with Crippen molar-refractivity contribution in [2.75, 3.05) is 26.2 Å². The molecule has 4 rings (SSSR count). The van der Waals surface area contributed by atoms with Gasteiger partial charge in [-0.2, -0.15) is 4.31 Å². The minimum absolute atomic E-state index is 0.0972. The molecule has 29 heavy (non-hydrogen) atoms. The van der Waals surface area contributed by atoms with Crippen LogP contribution >= 0.6 is 0 Å². The maximum absolute atomic E-state index is 13.1. The lowest BCUT2D eigenvalue weighted by molar-refractivity contribution is 0.0666. The van der Waals surface area contributed by atoms with Gasteiger partial charge >= 0.3 is 0 Å². The van der Waals surface area contributed by atoms with Gasteiger partial charge in [-0.15, -0.1) is 0 Å². The Labute approximate surface area is 172 Å². The predicted molar refractivity (Wildman–Crippen MR) is 112 cm³/mol. The van der Waals surface area contributed by atoms with Crippen molar-refractivity contribution in [3.63, 3.8) is 0 Å². The van der Waals surface area contributed by atoms with Gasteiger partial charge in [0.05, 0.1) is 4.90 Å². The molecule has 0 N–H and O–H groups in total. The van der Waals surface area contributed by atoms with Gasteiger partial charge in [0, 0.05) is 37.1 Å². The van der Waals surface area contributed by atoms with Gasteiger partial charge in [-0.3, -0.25) is 4.79 Å². The number of amides is 1. The number of fused-ring (bicyclic) bond motifs is 1. The number of rotatable bonds is 3. The van der Waals surface area contributed by atoms with Gasteiger partial charge in [0.15, 0.2) is 5.76 Å². The van der Waals surface area contributed by atoms with Crippen LogP contribution in [0.5, 0.6) is 0 Å². The second kappa shape index (κ2) is 7.76. The summed E-state index contributed by atoms with van der Waals surface area (Å²) >= 11 is 0. The summed E-state index contributed by atoms with van der Waals surface area (Å²) in [5, 5.41) is 0.699. The number of benzene rings is 1. The number of aryl methyl sites for hydroxylation is 1. The van der Waals surface area contributed by atoms with Crippen molar-refractivity contribution in [1.29, 1.82) is 0 Å². The topological polar surface area (TPSA) is 70.8 Å². The number of sulfonamides is 1. The fraction of sp³-hybridized carbons (Fsp3) is 0.591. The van der Waals surface area contributed by atoms with Crippen LogP contribution < -0.4 is 0 Å². The number of nitrogens with zero attached hydrogens (tertiary/aromatic N) is 2. The first kappa shape index (κ1) is 20.4. The molecule has 0 aliphatic carbocycles. The van der Waals surface area contributed by atoms with Crippen LogP contribution in [-0.2, 0) is 10.0 Å². The van der Waals surface area contributed by atoms with E-state index in [9.17, 15) is 13.2 Å². The molecule has 0 saturated carbocycles. The zero-order valence-corrected chi connectivity index (χ0v) is 18.3. The van der Waals surface area contributed by atoms with Crippen LogP contribution in [0.15, 0.2) is 27.5 Å². The molecule has 0 atom stereocenters. The van der Waals surface area contributed by atoms with Crippen molar-refractivity contribution in [1.82, 2.24) is 9.21 Å². The zero-order valence-electron chi connectivity index (χ0n) is 17.5. The van der Waals surface area contributed by atoms with Gasteiger partial charge in [0.1, 0.15) is 5.58 Å². The summed E-state index contributed by atoms with van der Waals surface area (Å²) in [5.41, 5.74) is 1.27. The number of likely N-dealkylation sites (tertiary alicyclic amines) is 1. The van der Waals surface area contributed by atoms with Crippen molar-refractivity contribution in [2.45, 2.75) is 51.3 Å². The molecule has 1 amide bonds. The van der Waals surface area contributed by atoms with Gasteiger partial charge in [0.25, 0.3) is 5.91 Å². The Balaban J connectivity index is 1.63. The van der Waals surface area contributed by atoms with Crippen LogP contribution in [0.2, 0.25) is 0 Å². The number of furan rings is 1. The molecule has 1 aromatic carbocycles. The van der Waals surface area contributed by atoms with Crippen molar-refractivity contribution in [3.05, 3.63) is 29.5 Å². The van der Waals surface area contributed by atoms with E-state index in [1.165, 1.54) is 0 Å². The minimum Gasteiger partial charge on any atom is -0.451 e. The lowest BCUT2D eigenvalue weighted by Gasteiger charge is -2.29. The van der Waals surface area contributed by atoms with Crippen molar-refractivity contribution in [3.8, 4) is 0 Å². The average molecular weight is 419 g/mol. The summed E-state index contributed by atoms with van der Waals surface area (Å²) in [5.74, 6) is 1.43. The molecule has 2 saturated heterocycles. The maximum Gasteiger partial charge on any atom is 0.289 e. The number of carbonyl (C=O) groups is 1. The Bertz CT molecular complexity index is 1010. The SMILES string of the molecule is Cc1c(C(=O)N2CCC(C)CC2)oc2ccc(S(=O)(=O)N3CCC(C)CC3)cc12. The molecule has 7 heteroatoms. The van der Waals surface area contributed by atoms with Crippen LogP contribution in [0.25, 0.3) is 11.0 Å². The summed E-state index contributed by atoms with van der Waals surface area (Å²) < 4.78 is 33.6. The summed E-state index contributed by atoms with van der Waals surface area (Å²) in [7, 11) is -3.53. The van der Waals surface area contributed by atoms with Crippen molar-refractivity contribution in [2.24, 2.45) is 11.8 Å². The van der Waals surface area contributed by atoms with E-state index in [1.807, 2.05) is 11.8 Å². The number of carbonyl (C=O) groups excluding carboxylic acids is 1. The maximum atomic E-state index is 13.1. The number of hydrogen-bond acceptors (Lipinski definition) is 4. The standard InChI is InChI=1S/C22H30N2O4S/c1-15-6-10-23(11-7-15)22(25)21-17(3)19-14-18(4-5-20(19)28-21)29(26,27)24-12-8-16(2)9-13-24/h4-5,14-16H,6-13H2,1-3H3. The molecule has 0 bridgehead atoms. The van der Waals surface area contributed by atoms with E-state index < -0.39 is 10.0 Å². The molecule has 2 fully saturated rings. The molecule has 158 valence electrons. The van der Waals surface area contributed by atoms with Crippen LogP contribution in [0.1, 0.15) is 55.6 Å². The van der Waals surface area contributed by atoms with E-state index >= 15 is 0 Å². The summed E-state index contributed by atoms with van der Waals surface area (Å²) in [6, 6.07) is 4.93. The smallest absolute Gasteiger partial charge is 0.289 e. The van der Waals surface area contributed by atoms with Crippen LogP contribution in [-0.4, -0.2) is 49.7 Å². The summed E-state index contributed by atoms with van der Waals surface area (Å²) in [4.78, 5) is 15.1. The Morgan fingerprint density at radius 3 is 2.21 bits per heavy atom. The molecular formula is C22H30N2O4S. The van der Waals surface area contributed by atoms with Crippen LogP contribution in [0.3, 0.4) is 0 Å². The minimum atomic E-state index is -3.53. The fourth-order valence-electron chi connectivity index (χ4n) is 4.29. The molecule has 6 nitrogen and oxygen atoms in total. The monoisotopic (exact) mass is 418 g/mol. The molecule has 2 aliphatic rings. The lowest BCUT2D eigenvalue weighted by atomic mass is 9.99. The molecule has 2 aromatic rings. The number of piperidine rings is 2. The van der Waals surface area contributed by atoms with Crippen LogP contribution in [0, 0.1) is 18.8 Å². The fourth-order valence-corrected chi connectivity index (χ4v) is 5.79. The lowest BCUT2D eigenvalue weighted by Crippen LogP contribution is -2.38. The first-order valence-electron chi connectivity index (χ1n) is 10.6. The van der Waals surface area contributed by atoms with E-state index in [2.05, 4.69) is 13.8 Å². The third-order valence-electron chi connectivity index (χ3n) is 6.55. The molecule has 2 aliphatic heterocycles. The largest absolute Gasteiger partial charge is 0.451 e. The quantitative estimate of drug-likeness (QED) is 0.754. The second-order valence-corrected chi connectivity index (χ2v) is 10.7. The van der Waals surface area contributed by atoms with E-state index in [4.69, 9.17) is 4.42 Å². The molecular weight excluding hydrogens is 388 g/mol. The highest BCUT2D eigenvalue weighted by atomic mass is 32.2. The van der Waals surface area contributed by atoms with Crippen molar-refractivity contribution >= 4 is 26.9 Å². The summed E-state index contributed by atoms with van der Waals surface area (Å²) in [6.07, 6.45) is 3.78. The van der Waals surface area contributed by atoms with E-state index in [0.717, 1.165) is 38.8 Å². The molecule has 0 spiro atoms. The first-order chi connectivity index (χ1) is 13.8. The Hall–Kier alpha value is -1.86. The molecule has 0 unspecified atom stereocenters. The summed E-state index contributed by atoms with van der Waals surface area (Å²) in [6.45, 7) is 8.80. The number of hydrogen-bond donors (Lipinski definition) is 0. The average Bonchev–Trinajstić information content (AvgIpc) is 3.04. The third kappa shape index (κ3) is 3.82. The third-order valence-corrected chi connectivity index (χ3v) is 8.45. The van der Waals surface area contributed by atoms with E-state index in [-0.39, 0.29) is 10.8 Å². The van der Waals surface area contributed by atoms with E-state index in [1.54, 1.807) is 22.5 Å². The first-order valence-corrected chi connectivity index (χ1v) is 12.0. The highest BCUT2D eigenvalue weighted by molar-refractivity contribution is 7.89. The van der Waals surface area contributed by atoms with Gasteiger partial charge in [-0.1, -0.05) is 13.8 Å². The molecule has 3 heterocycles. The highest BCUT2D eigenvalue weighted by Crippen LogP contribution is 2.31. The normalized spacial score (nSPS) is 20.4. The Morgan fingerprint density at radius 2 is 1.59 bits per heavy atom. The second-order valence-electron chi connectivity index (χ2n) is 8.78. The van der Waals surface area contributed by atoms with Crippen LogP contribution in [0.4, 0.5) is 0 Å². The van der Waals surface area contributed by atoms with Gasteiger partial charge in [-0.05, 0) is 62.6 Å². The molecule has 0 radical (unpaired) electrons. The van der Waals surface area contributed by atoms with Gasteiger partial charge in [-0.25, -0.2) is 8.42 Å².